The fourth-order valence-corrected chi connectivity index (χ4v) is 2.70. The first kappa shape index (κ1) is 18.4. The van der Waals surface area contributed by atoms with E-state index in [1.165, 1.54) is 12.8 Å². The van der Waals surface area contributed by atoms with E-state index in [1.54, 1.807) is 7.11 Å². The number of hydrogen-bond acceptors (Lipinski definition) is 5. The van der Waals surface area contributed by atoms with E-state index in [4.69, 9.17) is 9.47 Å². The van der Waals surface area contributed by atoms with E-state index in [0.717, 1.165) is 45.1 Å². The zero-order valence-corrected chi connectivity index (χ0v) is 14.1. The van der Waals surface area contributed by atoms with Gasteiger partial charge in [-0.25, -0.2) is 0 Å². The number of likely N-dealkylation sites (N-methyl/N-ethyl adjacent to an activating group) is 1. The summed E-state index contributed by atoms with van der Waals surface area (Å²) in [6.07, 6.45) is 4.39. The summed E-state index contributed by atoms with van der Waals surface area (Å²) in [4.78, 5) is 14.6. The number of carbonyl (C=O) groups is 1. The van der Waals surface area contributed by atoms with Crippen LogP contribution in [0.4, 0.5) is 0 Å². The average molecular weight is 300 g/mol. The van der Waals surface area contributed by atoms with Gasteiger partial charge in [0.25, 0.3) is 0 Å². The van der Waals surface area contributed by atoms with Crippen molar-refractivity contribution in [3.63, 3.8) is 0 Å². The molecule has 0 radical (unpaired) electrons. The predicted octanol–water partition coefficient (Wildman–Crippen LogP) is 1.81. The smallest absolute Gasteiger partial charge is 0.326 e. The molecule has 1 saturated carbocycles. The molecule has 1 atom stereocenters. The molecule has 0 saturated heterocycles. The maximum atomic E-state index is 12.1. The summed E-state index contributed by atoms with van der Waals surface area (Å²) < 4.78 is 10.4. The van der Waals surface area contributed by atoms with Gasteiger partial charge < -0.3 is 14.8 Å². The van der Waals surface area contributed by atoms with Crippen LogP contribution in [0.15, 0.2) is 0 Å². The third-order valence-electron chi connectivity index (χ3n) is 4.06. The molecule has 0 amide bonds. The van der Waals surface area contributed by atoms with Crippen molar-refractivity contribution >= 4 is 5.97 Å². The van der Waals surface area contributed by atoms with Gasteiger partial charge in [0, 0.05) is 19.7 Å². The number of rotatable bonds is 12. The van der Waals surface area contributed by atoms with E-state index in [0.29, 0.717) is 6.61 Å². The molecule has 0 bridgehead atoms. The SMILES string of the molecule is CCNC(C)(CCCN(CCOC)C1CC1)C(=O)OCC. The molecular weight excluding hydrogens is 268 g/mol. The Kier molecular flexibility index (Phi) is 8.22. The summed E-state index contributed by atoms with van der Waals surface area (Å²) in [5.41, 5.74) is -0.568. The molecule has 1 rings (SSSR count). The number of carbonyl (C=O) groups excluding carboxylic acids is 1. The van der Waals surface area contributed by atoms with Gasteiger partial charge in [-0.1, -0.05) is 6.92 Å². The summed E-state index contributed by atoms with van der Waals surface area (Å²) in [6.45, 7) is 9.81. The molecule has 1 aliphatic carbocycles. The Bertz CT molecular complexity index is 308. The summed E-state index contributed by atoms with van der Waals surface area (Å²) in [6, 6.07) is 0.730. The van der Waals surface area contributed by atoms with Crippen molar-refractivity contribution in [3.8, 4) is 0 Å². The third kappa shape index (κ3) is 6.32. The first-order chi connectivity index (χ1) is 10.1. The first-order valence-corrected chi connectivity index (χ1v) is 8.22. The maximum absolute atomic E-state index is 12.1. The zero-order valence-electron chi connectivity index (χ0n) is 14.1. The van der Waals surface area contributed by atoms with Crippen molar-refractivity contribution in [1.82, 2.24) is 10.2 Å². The van der Waals surface area contributed by atoms with Crippen molar-refractivity contribution in [2.75, 3.05) is 40.0 Å². The van der Waals surface area contributed by atoms with Gasteiger partial charge in [0.15, 0.2) is 0 Å². The van der Waals surface area contributed by atoms with Crippen LogP contribution in [0.3, 0.4) is 0 Å². The van der Waals surface area contributed by atoms with Crippen LogP contribution in [0.5, 0.6) is 0 Å². The molecule has 0 aromatic carbocycles. The van der Waals surface area contributed by atoms with E-state index < -0.39 is 5.54 Å². The van der Waals surface area contributed by atoms with Gasteiger partial charge in [0.05, 0.1) is 13.2 Å². The van der Waals surface area contributed by atoms with Gasteiger partial charge in [0.2, 0.25) is 0 Å². The largest absolute Gasteiger partial charge is 0.465 e. The minimum absolute atomic E-state index is 0.137. The second kappa shape index (κ2) is 9.38. The molecule has 21 heavy (non-hydrogen) atoms. The van der Waals surface area contributed by atoms with Crippen molar-refractivity contribution < 1.29 is 14.3 Å². The number of nitrogens with zero attached hydrogens (tertiary/aromatic N) is 1. The Morgan fingerprint density at radius 3 is 2.57 bits per heavy atom. The molecule has 5 nitrogen and oxygen atoms in total. The normalized spacial score (nSPS) is 17.8. The van der Waals surface area contributed by atoms with Crippen molar-refractivity contribution in [1.29, 1.82) is 0 Å². The lowest BCUT2D eigenvalue weighted by Gasteiger charge is -2.29. The van der Waals surface area contributed by atoms with E-state index in [-0.39, 0.29) is 5.97 Å². The molecule has 124 valence electrons. The number of hydrogen-bond donors (Lipinski definition) is 1. The van der Waals surface area contributed by atoms with Crippen LogP contribution >= 0.6 is 0 Å². The molecule has 1 unspecified atom stereocenters. The lowest BCUT2D eigenvalue weighted by Crippen LogP contribution is -2.50. The fourth-order valence-electron chi connectivity index (χ4n) is 2.70. The molecular formula is C16H32N2O3. The fraction of sp³-hybridized carbons (Fsp3) is 0.938. The molecule has 0 aliphatic heterocycles. The minimum Gasteiger partial charge on any atom is -0.465 e. The van der Waals surface area contributed by atoms with Crippen LogP contribution in [0, 0.1) is 0 Å². The highest BCUT2D eigenvalue weighted by Crippen LogP contribution is 2.27. The monoisotopic (exact) mass is 300 g/mol. The molecule has 0 aromatic heterocycles. The quantitative estimate of drug-likeness (QED) is 0.557. The summed E-state index contributed by atoms with van der Waals surface area (Å²) in [7, 11) is 1.74. The van der Waals surface area contributed by atoms with Crippen LogP contribution in [0.25, 0.3) is 0 Å². The highest BCUT2D eigenvalue weighted by Gasteiger charge is 2.34. The van der Waals surface area contributed by atoms with Gasteiger partial charge >= 0.3 is 5.97 Å². The Labute approximate surface area is 129 Å². The highest BCUT2D eigenvalue weighted by molar-refractivity contribution is 5.80. The second-order valence-electron chi connectivity index (χ2n) is 5.95. The molecule has 1 aliphatic rings. The van der Waals surface area contributed by atoms with Gasteiger partial charge in [-0.05, 0) is 52.6 Å². The lowest BCUT2D eigenvalue weighted by atomic mass is 9.95. The number of ether oxygens (including phenoxy) is 2. The third-order valence-corrected chi connectivity index (χ3v) is 4.06. The molecule has 1 fully saturated rings. The Morgan fingerprint density at radius 1 is 1.33 bits per heavy atom. The molecule has 1 N–H and O–H groups in total. The van der Waals surface area contributed by atoms with Gasteiger partial charge in [-0.2, -0.15) is 0 Å². The van der Waals surface area contributed by atoms with Crippen molar-refractivity contribution in [2.45, 2.75) is 58.0 Å². The van der Waals surface area contributed by atoms with Crippen LogP contribution in [0.2, 0.25) is 0 Å². The van der Waals surface area contributed by atoms with Gasteiger partial charge in [0.1, 0.15) is 5.54 Å². The van der Waals surface area contributed by atoms with Crippen molar-refractivity contribution in [2.24, 2.45) is 0 Å². The Balaban J connectivity index is 2.42. The van der Waals surface area contributed by atoms with Crippen LogP contribution < -0.4 is 5.32 Å². The summed E-state index contributed by atoms with van der Waals surface area (Å²) >= 11 is 0. The Hall–Kier alpha value is -0.650. The van der Waals surface area contributed by atoms with E-state index in [1.807, 2.05) is 20.8 Å². The summed E-state index contributed by atoms with van der Waals surface area (Å²) in [5.74, 6) is -0.137. The summed E-state index contributed by atoms with van der Waals surface area (Å²) in [5, 5.41) is 3.29. The van der Waals surface area contributed by atoms with Crippen LogP contribution in [-0.2, 0) is 14.3 Å². The molecule has 5 heteroatoms. The molecule has 0 heterocycles. The van der Waals surface area contributed by atoms with E-state index in [9.17, 15) is 4.79 Å². The molecule has 0 aromatic rings. The van der Waals surface area contributed by atoms with Crippen LogP contribution in [0.1, 0.15) is 46.5 Å². The zero-order chi connectivity index (χ0) is 15.7. The Morgan fingerprint density at radius 2 is 2.05 bits per heavy atom. The topological polar surface area (TPSA) is 50.8 Å². The van der Waals surface area contributed by atoms with Gasteiger partial charge in [-0.3, -0.25) is 9.69 Å². The maximum Gasteiger partial charge on any atom is 0.326 e. The number of nitrogens with one attached hydrogen (secondary N) is 1. The molecule has 0 spiro atoms. The second-order valence-corrected chi connectivity index (χ2v) is 5.95. The van der Waals surface area contributed by atoms with Crippen molar-refractivity contribution in [3.05, 3.63) is 0 Å². The van der Waals surface area contributed by atoms with Gasteiger partial charge in [-0.15, -0.1) is 0 Å². The van der Waals surface area contributed by atoms with E-state index in [2.05, 4.69) is 10.2 Å². The number of esters is 1. The average Bonchev–Trinajstić information content (AvgIpc) is 3.27. The minimum atomic E-state index is -0.568. The highest BCUT2D eigenvalue weighted by atomic mass is 16.5. The number of methoxy groups -OCH3 is 1. The lowest BCUT2D eigenvalue weighted by molar-refractivity contribution is -0.150. The first-order valence-electron chi connectivity index (χ1n) is 8.22. The predicted molar refractivity (Wildman–Crippen MR) is 84.4 cm³/mol. The standard InChI is InChI=1S/C16H32N2O3/c1-5-17-16(3,15(19)21-6-2)10-7-11-18(12-13-20-4)14-8-9-14/h14,17H,5-13H2,1-4H3. The van der Waals surface area contributed by atoms with Crippen LogP contribution in [-0.4, -0.2) is 62.4 Å². The van der Waals surface area contributed by atoms with E-state index >= 15 is 0 Å².